The number of alkyl halides is 3. The number of hydrogen-bond acceptors (Lipinski definition) is 3. The van der Waals surface area contributed by atoms with E-state index >= 15 is 0 Å². The van der Waals surface area contributed by atoms with Crippen molar-refractivity contribution in [1.82, 2.24) is 15.2 Å². The minimum atomic E-state index is -4.34. The van der Waals surface area contributed by atoms with Gasteiger partial charge in [-0.3, -0.25) is 14.7 Å². The highest BCUT2D eigenvalue weighted by molar-refractivity contribution is 6.42. The second kappa shape index (κ2) is 11.5. The number of benzene rings is 3. The van der Waals surface area contributed by atoms with Gasteiger partial charge in [0.25, 0.3) is 5.91 Å². The number of likely N-dealkylation sites (tertiary alicyclic amines) is 1. The molecule has 1 saturated heterocycles. The molecule has 1 aromatic heterocycles. The van der Waals surface area contributed by atoms with Crippen LogP contribution in [0.3, 0.4) is 0 Å². The van der Waals surface area contributed by atoms with Crippen molar-refractivity contribution in [3.63, 3.8) is 0 Å². The van der Waals surface area contributed by atoms with Gasteiger partial charge in [-0.1, -0.05) is 47.5 Å². The van der Waals surface area contributed by atoms with E-state index in [9.17, 15) is 18.0 Å². The van der Waals surface area contributed by atoms with E-state index in [0.717, 1.165) is 60.0 Å². The highest BCUT2D eigenvalue weighted by Gasteiger charge is 2.31. The molecule has 0 spiro atoms. The topological polar surface area (TPSA) is 45.2 Å². The Morgan fingerprint density at radius 3 is 2.38 bits per heavy atom. The lowest BCUT2D eigenvalue weighted by Gasteiger charge is -2.37. The van der Waals surface area contributed by atoms with E-state index in [-0.39, 0.29) is 17.9 Å². The van der Waals surface area contributed by atoms with E-state index in [4.69, 9.17) is 23.2 Å². The van der Waals surface area contributed by atoms with Crippen molar-refractivity contribution < 1.29 is 18.0 Å². The van der Waals surface area contributed by atoms with Crippen LogP contribution in [0.1, 0.15) is 45.9 Å². The number of rotatable bonds is 6. The molecule has 1 fully saturated rings. The molecule has 202 valence electrons. The van der Waals surface area contributed by atoms with Crippen LogP contribution in [0, 0.1) is 5.92 Å². The van der Waals surface area contributed by atoms with Crippen molar-refractivity contribution in [1.29, 1.82) is 0 Å². The molecule has 3 aromatic carbocycles. The zero-order valence-corrected chi connectivity index (χ0v) is 22.4. The van der Waals surface area contributed by atoms with E-state index in [1.54, 1.807) is 30.6 Å². The van der Waals surface area contributed by atoms with Crippen LogP contribution < -0.4 is 5.32 Å². The van der Waals surface area contributed by atoms with Gasteiger partial charge in [0.1, 0.15) is 0 Å². The third-order valence-corrected chi connectivity index (χ3v) is 8.02. The summed E-state index contributed by atoms with van der Waals surface area (Å²) in [6.45, 7) is 2.07. The molecule has 0 aliphatic carbocycles. The van der Waals surface area contributed by atoms with Gasteiger partial charge in [-0.2, -0.15) is 13.2 Å². The van der Waals surface area contributed by atoms with Gasteiger partial charge < -0.3 is 5.32 Å². The van der Waals surface area contributed by atoms with Gasteiger partial charge in [-0.25, -0.2) is 0 Å². The molecule has 0 radical (unpaired) electrons. The van der Waals surface area contributed by atoms with E-state index in [0.29, 0.717) is 22.2 Å². The highest BCUT2D eigenvalue weighted by Crippen LogP contribution is 2.35. The molecule has 9 heteroatoms. The smallest absolute Gasteiger partial charge is 0.345 e. The van der Waals surface area contributed by atoms with E-state index in [1.807, 2.05) is 24.3 Å². The lowest BCUT2D eigenvalue weighted by Crippen LogP contribution is -2.40. The Hall–Kier alpha value is -3.13. The van der Waals surface area contributed by atoms with Crippen LogP contribution in [-0.4, -0.2) is 28.9 Å². The second-order valence-corrected chi connectivity index (χ2v) is 10.7. The Kier molecular flexibility index (Phi) is 8.12. The molecule has 0 bridgehead atoms. The summed E-state index contributed by atoms with van der Waals surface area (Å²) in [5.74, 6) is -0.0447. The number of nitrogens with one attached hydrogen (secondary N) is 1. The van der Waals surface area contributed by atoms with Crippen molar-refractivity contribution in [2.24, 2.45) is 5.92 Å². The number of hydrogen-bond donors (Lipinski definition) is 1. The SMILES string of the molecule is O=C(N[C@@H](c1ccc(Cl)c(Cl)c1)C1CCN(Cc2ccc(C(F)(F)F)cc2)CC1)c1ccc2cnccc2c1. The molecule has 1 amide bonds. The Bertz CT molecular complexity index is 1470. The summed E-state index contributed by atoms with van der Waals surface area (Å²) in [6, 6.07) is 17.9. The summed E-state index contributed by atoms with van der Waals surface area (Å²) < 4.78 is 38.7. The maximum atomic E-state index is 13.4. The summed E-state index contributed by atoms with van der Waals surface area (Å²) in [5.41, 5.74) is 1.62. The molecule has 1 atom stereocenters. The zero-order valence-electron chi connectivity index (χ0n) is 20.9. The molecule has 1 N–H and O–H groups in total. The number of amides is 1. The number of halogens is 5. The summed E-state index contributed by atoms with van der Waals surface area (Å²) >= 11 is 12.5. The van der Waals surface area contributed by atoms with Crippen molar-refractivity contribution >= 4 is 39.9 Å². The lowest BCUT2D eigenvalue weighted by atomic mass is 9.85. The minimum absolute atomic E-state index is 0.139. The first kappa shape index (κ1) is 27.4. The average molecular weight is 572 g/mol. The molecule has 4 aromatic rings. The number of fused-ring (bicyclic) bond motifs is 1. The number of nitrogens with zero attached hydrogens (tertiary/aromatic N) is 2. The molecule has 4 nitrogen and oxygen atoms in total. The molecule has 39 heavy (non-hydrogen) atoms. The number of aromatic nitrogens is 1. The molecular weight excluding hydrogens is 546 g/mol. The fourth-order valence-electron chi connectivity index (χ4n) is 5.13. The fraction of sp³-hybridized carbons (Fsp3) is 0.267. The van der Waals surface area contributed by atoms with Gasteiger partial charge in [-0.15, -0.1) is 0 Å². The quantitative estimate of drug-likeness (QED) is 0.255. The van der Waals surface area contributed by atoms with Crippen LogP contribution in [0.15, 0.2) is 79.1 Å². The maximum Gasteiger partial charge on any atom is 0.416 e. The van der Waals surface area contributed by atoms with Crippen LogP contribution in [0.2, 0.25) is 10.0 Å². The third kappa shape index (κ3) is 6.55. The van der Waals surface area contributed by atoms with E-state index in [1.165, 1.54) is 12.1 Å². The van der Waals surface area contributed by atoms with E-state index in [2.05, 4.69) is 15.2 Å². The molecule has 0 saturated carbocycles. The van der Waals surface area contributed by atoms with Crippen molar-refractivity contribution in [2.75, 3.05) is 13.1 Å². The predicted octanol–water partition coefficient (Wildman–Crippen LogP) is 7.94. The van der Waals surface area contributed by atoms with Gasteiger partial charge in [-0.05, 0) is 90.8 Å². The molecule has 2 heterocycles. The second-order valence-electron chi connectivity index (χ2n) is 9.87. The average Bonchev–Trinajstić information content (AvgIpc) is 2.93. The van der Waals surface area contributed by atoms with Crippen LogP contribution >= 0.6 is 23.2 Å². The van der Waals surface area contributed by atoms with Crippen molar-refractivity contribution in [3.8, 4) is 0 Å². The Balaban J connectivity index is 1.30. The van der Waals surface area contributed by atoms with Gasteiger partial charge in [0.05, 0.1) is 21.7 Å². The molecule has 1 aliphatic rings. The Morgan fingerprint density at radius 1 is 0.949 bits per heavy atom. The Morgan fingerprint density at radius 2 is 1.69 bits per heavy atom. The van der Waals surface area contributed by atoms with E-state index < -0.39 is 11.7 Å². The standard InChI is InChI=1S/C30H26Cl2F3N3O/c31-26-8-5-22(16-27(26)32)28(37-29(39)23-3-4-24-17-36-12-9-21(24)15-23)20-10-13-38(14-11-20)18-19-1-6-25(7-2-19)30(33,34)35/h1-9,12,15-17,20,28H,10-11,13-14,18H2,(H,37,39)/t28-/m1/s1. The van der Waals surface area contributed by atoms with Gasteiger partial charge >= 0.3 is 6.18 Å². The van der Waals surface area contributed by atoms with Crippen molar-refractivity contribution in [2.45, 2.75) is 31.6 Å². The minimum Gasteiger partial charge on any atom is -0.345 e. The summed E-state index contributed by atoms with van der Waals surface area (Å²) in [7, 11) is 0. The number of piperidine rings is 1. The predicted molar refractivity (Wildman–Crippen MR) is 148 cm³/mol. The summed E-state index contributed by atoms with van der Waals surface area (Å²) in [4.78, 5) is 19.7. The lowest BCUT2D eigenvalue weighted by molar-refractivity contribution is -0.137. The normalized spacial score (nSPS) is 15.8. The molecular formula is C30H26Cl2F3N3O. The van der Waals surface area contributed by atoms with Gasteiger partial charge in [0.15, 0.2) is 0 Å². The first-order valence-electron chi connectivity index (χ1n) is 12.7. The van der Waals surface area contributed by atoms with Crippen LogP contribution in [-0.2, 0) is 12.7 Å². The first-order valence-corrected chi connectivity index (χ1v) is 13.4. The van der Waals surface area contributed by atoms with Crippen LogP contribution in [0.5, 0.6) is 0 Å². The third-order valence-electron chi connectivity index (χ3n) is 7.28. The largest absolute Gasteiger partial charge is 0.416 e. The van der Waals surface area contributed by atoms with Gasteiger partial charge in [0, 0.05) is 29.9 Å². The molecule has 5 rings (SSSR count). The maximum absolute atomic E-state index is 13.4. The van der Waals surface area contributed by atoms with Crippen molar-refractivity contribution in [3.05, 3.63) is 111 Å². The number of carbonyl (C=O) groups is 1. The fourth-order valence-corrected chi connectivity index (χ4v) is 5.44. The van der Waals surface area contributed by atoms with Crippen LogP contribution in [0.25, 0.3) is 10.8 Å². The molecule has 1 aliphatic heterocycles. The molecule has 0 unspecified atom stereocenters. The summed E-state index contributed by atoms with van der Waals surface area (Å²) in [6.07, 6.45) is 0.713. The number of pyridine rings is 1. The monoisotopic (exact) mass is 571 g/mol. The van der Waals surface area contributed by atoms with Gasteiger partial charge in [0.2, 0.25) is 0 Å². The number of carbonyl (C=O) groups excluding carboxylic acids is 1. The Labute approximate surface area is 234 Å². The zero-order chi connectivity index (χ0) is 27.6. The first-order chi connectivity index (χ1) is 18.7. The van der Waals surface area contributed by atoms with Crippen LogP contribution in [0.4, 0.5) is 13.2 Å². The highest BCUT2D eigenvalue weighted by atomic mass is 35.5. The summed E-state index contributed by atoms with van der Waals surface area (Å²) in [5, 5.41) is 5.99.